The summed E-state index contributed by atoms with van der Waals surface area (Å²) in [6.07, 6.45) is 1.80. The van der Waals surface area contributed by atoms with E-state index in [0.717, 1.165) is 11.8 Å². The molecule has 1 fully saturated rings. The summed E-state index contributed by atoms with van der Waals surface area (Å²) in [5.74, 6) is -1.37. The number of hydrogen-bond donors (Lipinski definition) is 1. The van der Waals surface area contributed by atoms with Crippen LogP contribution in [0, 0.1) is 11.6 Å². The van der Waals surface area contributed by atoms with Gasteiger partial charge in [-0.1, -0.05) is 59.3 Å². The van der Waals surface area contributed by atoms with Gasteiger partial charge < -0.3 is 5.32 Å². The topological polar surface area (TPSA) is 46.2 Å². The summed E-state index contributed by atoms with van der Waals surface area (Å²) < 4.78 is 26.3. The van der Waals surface area contributed by atoms with Gasteiger partial charge in [0, 0.05) is 5.56 Å². The lowest BCUT2D eigenvalue weighted by Gasteiger charge is -2.00. The summed E-state index contributed by atoms with van der Waals surface area (Å²) in [7, 11) is 0. The van der Waals surface area contributed by atoms with E-state index in [1.807, 2.05) is 0 Å². The maximum Gasteiger partial charge on any atom is 0.263 e. The van der Waals surface area contributed by atoms with Gasteiger partial charge in [0.05, 0.1) is 20.5 Å². The van der Waals surface area contributed by atoms with Gasteiger partial charge in [-0.15, -0.1) is 0 Å². The molecule has 1 amide bonds. The van der Waals surface area contributed by atoms with Crippen LogP contribution in [0.15, 0.2) is 41.3 Å². The highest BCUT2D eigenvalue weighted by Gasteiger charge is 2.22. The Morgan fingerprint density at radius 1 is 1.00 bits per heavy atom. The molecule has 0 spiro atoms. The molecule has 3 nitrogen and oxygen atoms in total. The SMILES string of the molecule is O=C1NC(=S)SC1=Cc1c(F)cccc1Cl.O=Cc1c(F)cccc1Cl. The summed E-state index contributed by atoms with van der Waals surface area (Å²) in [5.41, 5.74) is 0.121. The Bertz CT molecular complexity index is 879. The summed E-state index contributed by atoms with van der Waals surface area (Å²) in [6, 6.07) is 8.46. The fourth-order valence-corrected chi connectivity index (χ4v) is 3.28. The van der Waals surface area contributed by atoms with Crippen molar-refractivity contribution >= 4 is 69.8 Å². The van der Waals surface area contributed by atoms with Crippen LogP contribution in [0.3, 0.4) is 0 Å². The largest absolute Gasteiger partial charge is 0.307 e. The van der Waals surface area contributed by atoms with E-state index in [-0.39, 0.29) is 27.1 Å². The molecular weight excluding hydrogens is 423 g/mol. The first kappa shape index (κ1) is 20.5. The number of aldehydes is 1. The molecule has 0 bridgehead atoms. The molecule has 1 heterocycles. The molecule has 1 saturated heterocycles. The quantitative estimate of drug-likeness (QED) is 0.400. The van der Waals surface area contributed by atoms with Crippen LogP contribution in [0.4, 0.5) is 8.78 Å². The molecule has 0 aliphatic carbocycles. The van der Waals surface area contributed by atoms with Gasteiger partial charge in [0.2, 0.25) is 0 Å². The van der Waals surface area contributed by atoms with Crippen LogP contribution in [0.1, 0.15) is 15.9 Å². The fraction of sp³-hybridized carbons (Fsp3) is 0. The number of halogens is 4. The number of carbonyl (C=O) groups is 2. The maximum absolute atomic E-state index is 13.4. The smallest absolute Gasteiger partial charge is 0.263 e. The number of thiocarbonyl (C=S) groups is 1. The Morgan fingerprint density at radius 2 is 1.54 bits per heavy atom. The van der Waals surface area contributed by atoms with E-state index in [2.05, 4.69) is 5.32 Å². The number of nitrogens with one attached hydrogen (secondary N) is 1. The molecule has 0 saturated carbocycles. The van der Waals surface area contributed by atoms with Crippen LogP contribution in [-0.2, 0) is 4.79 Å². The molecule has 0 aromatic heterocycles. The van der Waals surface area contributed by atoms with E-state index in [9.17, 15) is 18.4 Å². The molecule has 2 aromatic rings. The lowest BCUT2D eigenvalue weighted by molar-refractivity contribution is -0.115. The van der Waals surface area contributed by atoms with Gasteiger partial charge in [-0.3, -0.25) is 9.59 Å². The van der Waals surface area contributed by atoms with Crippen LogP contribution >= 0.6 is 47.2 Å². The van der Waals surface area contributed by atoms with Crippen molar-refractivity contribution in [2.24, 2.45) is 0 Å². The van der Waals surface area contributed by atoms with Crippen LogP contribution < -0.4 is 5.32 Å². The van der Waals surface area contributed by atoms with E-state index >= 15 is 0 Å². The molecular formula is C17H9Cl2F2NO2S2. The number of benzene rings is 2. The first-order valence-electron chi connectivity index (χ1n) is 6.91. The second-order valence-electron chi connectivity index (χ2n) is 4.74. The van der Waals surface area contributed by atoms with Crippen molar-refractivity contribution in [1.29, 1.82) is 0 Å². The Labute approximate surface area is 167 Å². The van der Waals surface area contributed by atoms with Crippen LogP contribution in [0.2, 0.25) is 10.0 Å². The zero-order valence-electron chi connectivity index (χ0n) is 12.8. The van der Waals surface area contributed by atoms with E-state index in [0.29, 0.717) is 15.5 Å². The molecule has 26 heavy (non-hydrogen) atoms. The van der Waals surface area contributed by atoms with E-state index in [4.69, 9.17) is 35.4 Å². The van der Waals surface area contributed by atoms with Crippen molar-refractivity contribution in [3.8, 4) is 0 Å². The van der Waals surface area contributed by atoms with E-state index in [1.165, 1.54) is 36.4 Å². The summed E-state index contributed by atoms with van der Waals surface area (Å²) in [5, 5.41) is 2.86. The third kappa shape index (κ3) is 5.11. The van der Waals surface area contributed by atoms with Gasteiger partial charge in [0.15, 0.2) is 6.29 Å². The maximum atomic E-state index is 13.4. The van der Waals surface area contributed by atoms with Gasteiger partial charge >= 0.3 is 0 Å². The minimum absolute atomic E-state index is 0.0795. The minimum Gasteiger partial charge on any atom is -0.307 e. The van der Waals surface area contributed by atoms with Crippen LogP contribution in [0.25, 0.3) is 6.08 Å². The molecule has 134 valence electrons. The lowest BCUT2D eigenvalue weighted by atomic mass is 10.2. The van der Waals surface area contributed by atoms with Crippen molar-refractivity contribution < 1.29 is 18.4 Å². The number of amides is 1. The number of hydrogen-bond acceptors (Lipinski definition) is 4. The average Bonchev–Trinajstić information content (AvgIpc) is 2.89. The summed E-state index contributed by atoms with van der Waals surface area (Å²) in [4.78, 5) is 21.8. The predicted molar refractivity (Wildman–Crippen MR) is 105 cm³/mol. The Morgan fingerprint density at radius 3 is 1.92 bits per heavy atom. The van der Waals surface area contributed by atoms with Gasteiger partial charge in [0.1, 0.15) is 16.0 Å². The molecule has 1 N–H and O–H groups in total. The minimum atomic E-state index is -0.581. The normalized spacial score (nSPS) is 14.7. The first-order valence-corrected chi connectivity index (χ1v) is 8.89. The van der Waals surface area contributed by atoms with Crippen molar-refractivity contribution in [1.82, 2.24) is 5.32 Å². The average molecular weight is 432 g/mol. The molecule has 9 heteroatoms. The molecule has 0 radical (unpaired) electrons. The predicted octanol–water partition coefficient (Wildman–Crippen LogP) is 5.26. The molecule has 0 unspecified atom stereocenters. The molecule has 1 aliphatic rings. The summed E-state index contributed by atoms with van der Waals surface area (Å²) >= 11 is 17.2. The van der Waals surface area contributed by atoms with Crippen molar-refractivity contribution in [3.63, 3.8) is 0 Å². The standard InChI is InChI=1S/C10H5ClFNOS2.C7H4ClFO/c11-6-2-1-3-7(12)5(6)4-8-9(14)13-10(15)16-8;8-6-2-1-3-7(9)5(6)4-10/h1-4H,(H,13,14,15);1-4H. The van der Waals surface area contributed by atoms with Crippen molar-refractivity contribution in [2.75, 3.05) is 0 Å². The fourth-order valence-electron chi connectivity index (χ4n) is 1.82. The van der Waals surface area contributed by atoms with E-state index < -0.39 is 11.6 Å². The van der Waals surface area contributed by atoms with Crippen molar-refractivity contribution in [2.45, 2.75) is 0 Å². The van der Waals surface area contributed by atoms with Gasteiger partial charge in [-0.2, -0.15) is 0 Å². The lowest BCUT2D eigenvalue weighted by Crippen LogP contribution is -2.17. The van der Waals surface area contributed by atoms with Crippen molar-refractivity contribution in [3.05, 3.63) is 74.1 Å². The molecule has 0 atom stereocenters. The number of thioether (sulfide) groups is 1. The van der Waals surface area contributed by atoms with Gasteiger partial charge in [0.25, 0.3) is 5.91 Å². The monoisotopic (exact) mass is 431 g/mol. The highest BCUT2D eigenvalue weighted by Crippen LogP contribution is 2.29. The first-order chi connectivity index (χ1) is 12.3. The van der Waals surface area contributed by atoms with Crippen LogP contribution in [-0.4, -0.2) is 16.5 Å². The zero-order valence-corrected chi connectivity index (χ0v) is 15.9. The summed E-state index contributed by atoms with van der Waals surface area (Å²) in [6.45, 7) is 0. The third-order valence-corrected chi connectivity index (χ3v) is 4.86. The Balaban J connectivity index is 0.000000209. The van der Waals surface area contributed by atoms with Gasteiger partial charge in [-0.05, 0) is 30.3 Å². The molecule has 3 rings (SSSR count). The Hall–Kier alpha value is -1.80. The second-order valence-corrected chi connectivity index (χ2v) is 7.27. The highest BCUT2D eigenvalue weighted by molar-refractivity contribution is 8.26. The Kier molecular flexibility index (Phi) is 7.28. The number of carbonyl (C=O) groups excluding carboxylic acids is 2. The highest BCUT2D eigenvalue weighted by atomic mass is 35.5. The van der Waals surface area contributed by atoms with Gasteiger partial charge in [-0.25, -0.2) is 8.78 Å². The van der Waals surface area contributed by atoms with E-state index in [1.54, 1.807) is 6.07 Å². The second kappa shape index (κ2) is 9.23. The third-order valence-electron chi connectivity index (χ3n) is 3.03. The molecule has 2 aromatic carbocycles. The van der Waals surface area contributed by atoms with Crippen LogP contribution in [0.5, 0.6) is 0 Å². The zero-order chi connectivity index (χ0) is 19.3. The number of rotatable bonds is 2. The molecule has 1 aliphatic heterocycles.